The van der Waals surface area contributed by atoms with Gasteiger partial charge >= 0.3 is 0 Å². The first-order chi connectivity index (χ1) is 19.5. The SMILES string of the molecule is COc1cc(/C=C2\SC(=S)N(Cc3ccccc3)C2=O)cc(I)c1OCCOc1ccc(C2CCCCC2)cc1. The number of amides is 1. The fourth-order valence-electron chi connectivity index (χ4n) is 5.09. The zero-order valence-electron chi connectivity index (χ0n) is 22.4. The Labute approximate surface area is 259 Å². The van der Waals surface area contributed by atoms with Gasteiger partial charge in [-0.1, -0.05) is 85.7 Å². The molecule has 5 nitrogen and oxygen atoms in total. The number of benzene rings is 3. The number of ether oxygens (including phenoxy) is 3. The Bertz CT molecular complexity index is 1370. The predicted octanol–water partition coefficient (Wildman–Crippen LogP) is 8.21. The van der Waals surface area contributed by atoms with E-state index in [0.717, 1.165) is 20.4 Å². The molecule has 0 aromatic heterocycles. The Morgan fingerprint density at radius 3 is 2.45 bits per heavy atom. The molecule has 208 valence electrons. The van der Waals surface area contributed by atoms with Gasteiger partial charge in [0.25, 0.3) is 5.91 Å². The summed E-state index contributed by atoms with van der Waals surface area (Å²) in [6, 6.07) is 22.2. The molecule has 1 aliphatic heterocycles. The van der Waals surface area contributed by atoms with E-state index in [4.69, 9.17) is 26.4 Å². The molecule has 40 heavy (non-hydrogen) atoms. The molecule has 5 rings (SSSR count). The highest BCUT2D eigenvalue weighted by Crippen LogP contribution is 2.38. The molecule has 8 heteroatoms. The molecule has 1 saturated carbocycles. The van der Waals surface area contributed by atoms with Crippen LogP contribution in [0, 0.1) is 3.57 Å². The van der Waals surface area contributed by atoms with E-state index in [1.165, 1.54) is 49.4 Å². The summed E-state index contributed by atoms with van der Waals surface area (Å²) in [6.45, 7) is 1.27. The molecular formula is C32H32INO4S2. The van der Waals surface area contributed by atoms with Crippen LogP contribution in [-0.2, 0) is 11.3 Å². The van der Waals surface area contributed by atoms with Gasteiger partial charge in [-0.3, -0.25) is 9.69 Å². The highest BCUT2D eigenvalue weighted by Gasteiger charge is 2.32. The Hall–Kier alpha value is -2.56. The quantitative estimate of drug-likeness (QED) is 0.0929. The van der Waals surface area contributed by atoms with Crippen LogP contribution < -0.4 is 14.2 Å². The van der Waals surface area contributed by atoms with Crippen molar-refractivity contribution in [2.75, 3.05) is 20.3 Å². The normalized spacial score (nSPS) is 16.9. The molecule has 1 aliphatic carbocycles. The van der Waals surface area contributed by atoms with Crippen molar-refractivity contribution in [3.05, 3.63) is 91.9 Å². The molecule has 3 aromatic rings. The number of nitrogens with zero attached hydrogens (tertiary/aromatic N) is 1. The van der Waals surface area contributed by atoms with Crippen molar-refractivity contribution in [2.24, 2.45) is 0 Å². The Morgan fingerprint density at radius 1 is 1.00 bits per heavy atom. The molecule has 0 radical (unpaired) electrons. The standard InChI is InChI=1S/C32H32INO4S2/c1-36-28-19-23(20-29-31(35)34(32(39)40-29)21-22-8-4-2-5-9-22)18-27(33)30(28)38-17-16-37-26-14-12-25(13-15-26)24-10-6-3-7-11-24/h2,4-5,8-9,12-15,18-20,24H,3,6-7,10-11,16-17,21H2,1H3/b29-20-. The topological polar surface area (TPSA) is 48.0 Å². The van der Waals surface area contributed by atoms with Crippen LogP contribution in [0.4, 0.5) is 0 Å². The summed E-state index contributed by atoms with van der Waals surface area (Å²) in [5.74, 6) is 2.72. The first kappa shape index (κ1) is 29.0. The van der Waals surface area contributed by atoms with Gasteiger partial charge in [0.2, 0.25) is 0 Å². The third-order valence-corrected chi connectivity index (χ3v) is 9.34. The van der Waals surface area contributed by atoms with E-state index in [-0.39, 0.29) is 5.91 Å². The maximum atomic E-state index is 13.1. The minimum absolute atomic E-state index is 0.0860. The largest absolute Gasteiger partial charge is 0.493 e. The molecule has 2 aliphatic rings. The van der Waals surface area contributed by atoms with Crippen LogP contribution in [0.15, 0.2) is 71.6 Å². The van der Waals surface area contributed by atoms with Gasteiger partial charge in [0.05, 0.1) is 22.1 Å². The summed E-state index contributed by atoms with van der Waals surface area (Å²) in [5, 5.41) is 0. The Morgan fingerprint density at radius 2 is 1.73 bits per heavy atom. The number of halogens is 1. The van der Waals surface area contributed by atoms with Crippen molar-refractivity contribution in [1.29, 1.82) is 0 Å². The lowest BCUT2D eigenvalue weighted by atomic mass is 9.84. The number of carbonyl (C=O) groups is 1. The van der Waals surface area contributed by atoms with Gasteiger partial charge in [-0.25, -0.2) is 0 Å². The van der Waals surface area contributed by atoms with E-state index in [9.17, 15) is 4.79 Å². The number of rotatable bonds is 10. The van der Waals surface area contributed by atoms with Crippen molar-refractivity contribution in [3.63, 3.8) is 0 Å². The van der Waals surface area contributed by atoms with Crippen molar-refractivity contribution < 1.29 is 19.0 Å². The molecule has 1 amide bonds. The number of carbonyl (C=O) groups excluding carboxylic acids is 1. The molecule has 2 fully saturated rings. The van der Waals surface area contributed by atoms with E-state index < -0.39 is 0 Å². The average molecular weight is 686 g/mol. The maximum Gasteiger partial charge on any atom is 0.266 e. The minimum Gasteiger partial charge on any atom is -0.493 e. The van der Waals surface area contributed by atoms with Gasteiger partial charge in [0, 0.05) is 0 Å². The van der Waals surface area contributed by atoms with Gasteiger partial charge in [-0.2, -0.15) is 0 Å². The number of thioether (sulfide) groups is 1. The summed E-state index contributed by atoms with van der Waals surface area (Å²) < 4.78 is 19.1. The lowest BCUT2D eigenvalue weighted by Crippen LogP contribution is -2.27. The fraction of sp³-hybridized carbons (Fsp3) is 0.312. The molecule has 0 unspecified atom stereocenters. The van der Waals surface area contributed by atoms with E-state index in [1.54, 1.807) is 12.0 Å². The summed E-state index contributed by atoms with van der Waals surface area (Å²) >= 11 is 9.06. The molecular weight excluding hydrogens is 653 g/mol. The first-order valence-corrected chi connectivity index (χ1v) is 15.8. The van der Waals surface area contributed by atoms with Crippen molar-refractivity contribution in [2.45, 2.75) is 44.6 Å². The summed E-state index contributed by atoms with van der Waals surface area (Å²) in [7, 11) is 1.62. The van der Waals surface area contributed by atoms with Crippen LogP contribution in [-0.4, -0.2) is 35.5 Å². The van der Waals surface area contributed by atoms with Gasteiger partial charge in [0.1, 0.15) is 23.3 Å². The smallest absolute Gasteiger partial charge is 0.266 e. The van der Waals surface area contributed by atoms with Crippen LogP contribution >= 0.6 is 46.6 Å². The van der Waals surface area contributed by atoms with Crippen molar-refractivity contribution in [1.82, 2.24) is 4.90 Å². The second kappa shape index (κ2) is 13.9. The van der Waals surface area contributed by atoms with E-state index >= 15 is 0 Å². The predicted molar refractivity (Wildman–Crippen MR) is 174 cm³/mol. The third kappa shape index (κ3) is 7.19. The van der Waals surface area contributed by atoms with Crippen molar-refractivity contribution in [3.8, 4) is 17.2 Å². The number of thiocarbonyl (C=S) groups is 1. The lowest BCUT2D eigenvalue weighted by molar-refractivity contribution is -0.122. The molecule has 0 bridgehead atoms. The molecule has 0 N–H and O–H groups in total. The zero-order valence-corrected chi connectivity index (χ0v) is 26.2. The first-order valence-electron chi connectivity index (χ1n) is 13.5. The highest BCUT2D eigenvalue weighted by atomic mass is 127. The lowest BCUT2D eigenvalue weighted by Gasteiger charge is -2.22. The van der Waals surface area contributed by atoms with Crippen LogP contribution in [0.2, 0.25) is 0 Å². The Balaban J connectivity index is 1.18. The van der Waals surface area contributed by atoms with E-state index in [2.05, 4.69) is 46.9 Å². The molecule has 1 heterocycles. The number of hydrogen-bond donors (Lipinski definition) is 0. The van der Waals surface area contributed by atoms with Crippen molar-refractivity contribution >= 4 is 62.9 Å². The van der Waals surface area contributed by atoms with Crippen LogP contribution in [0.5, 0.6) is 17.2 Å². The third-order valence-electron chi connectivity index (χ3n) is 7.16. The van der Waals surface area contributed by atoms with Crippen LogP contribution in [0.25, 0.3) is 6.08 Å². The monoisotopic (exact) mass is 685 g/mol. The van der Waals surface area contributed by atoms with E-state index in [0.29, 0.717) is 46.4 Å². The Kier molecular flexibility index (Phi) is 10.0. The van der Waals surface area contributed by atoms with Gasteiger partial charge in [-0.05, 0) is 88.4 Å². The van der Waals surface area contributed by atoms with Crippen LogP contribution in [0.3, 0.4) is 0 Å². The summed E-state index contributed by atoms with van der Waals surface area (Å²) in [5.41, 5.74) is 3.31. The summed E-state index contributed by atoms with van der Waals surface area (Å²) in [4.78, 5) is 15.3. The molecule has 3 aromatic carbocycles. The second-order valence-electron chi connectivity index (χ2n) is 9.89. The minimum atomic E-state index is -0.0860. The highest BCUT2D eigenvalue weighted by molar-refractivity contribution is 14.1. The maximum absolute atomic E-state index is 13.1. The second-order valence-corrected chi connectivity index (χ2v) is 12.7. The number of hydrogen-bond acceptors (Lipinski definition) is 6. The fourth-order valence-corrected chi connectivity index (χ4v) is 7.13. The number of methoxy groups -OCH3 is 1. The van der Waals surface area contributed by atoms with Gasteiger partial charge in [0.15, 0.2) is 11.5 Å². The van der Waals surface area contributed by atoms with E-state index in [1.807, 2.05) is 48.5 Å². The van der Waals surface area contributed by atoms with Gasteiger partial charge < -0.3 is 14.2 Å². The molecule has 1 saturated heterocycles. The summed E-state index contributed by atoms with van der Waals surface area (Å²) in [6.07, 6.45) is 8.47. The van der Waals surface area contributed by atoms with Crippen LogP contribution in [0.1, 0.15) is 54.7 Å². The van der Waals surface area contributed by atoms with Gasteiger partial charge in [-0.15, -0.1) is 0 Å². The average Bonchev–Trinajstić information content (AvgIpc) is 3.24. The molecule has 0 spiro atoms. The molecule has 0 atom stereocenters. The zero-order chi connectivity index (χ0) is 27.9.